The van der Waals surface area contributed by atoms with Crippen molar-refractivity contribution >= 4 is 17.6 Å². The lowest BCUT2D eigenvalue weighted by atomic mass is 9.80. The van der Waals surface area contributed by atoms with Crippen LogP contribution in [0.25, 0.3) is 0 Å². The van der Waals surface area contributed by atoms with Crippen LogP contribution < -0.4 is 10.6 Å². The van der Waals surface area contributed by atoms with Gasteiger partial charge in [-0.05, 0) is 38.0 Å². The summed E-state index contributed by atoms with van der Waals surface area (Å²) in [4.78, 5) is 35.7. The molecule has 6 nitrogen and oxygen atoms in total. The van der Waals surface area contributed by atoms with Gasteiger partial charge in [-0.15, -0.1) is 0 Å². The summed E-state index contributed by atoms with van der Waals surface area (Å²) in [6.45, 7) is 9.62. The van der Waals surface area contributed by atoms with E-state index >= 15 is 0 Å². The maximum absolute atomic E-state index is 12.0. The van der Waals surface area contributed by atoms with Crippen LogP contribution in [0, 0.1) is 17.8 Å². The average molecular weight is 401 g/mol. The number of carbonyl (C=O) groups is 3. The molecule has 0 aliphatic heterocycles. The first-order valence-electron chi connectivity index (χ1n) is 11.0. The Labute approximate surface area is 173 Å². The van der Waals surface area contributed by atoms with E-state index in [-0.39, 0.29) is 32.5 Å². The Morgan fingerprint density at radius 1 is 1.04 bits per heavy atom. The fraction of sp³-hybridized carbons (Fsp3) is 0.864. The minimum atomic E-state index is 0. The molecule has 166 valence electrons. The molecule has 2 amide bonds. The van der Waals surface area contributed by atoms with E-state index in [1.165, 1.54) is 0 Å². The molecule has 0 radical (unpaired) electrons. The Bertz CT molecular complexity index is 496. The topological polar surface area (TPSA) is 84.5 Å². The van der Waals surface area contributed by atoms with Crippen LogP contribution in [0.4, 0.5) is 0 Å². The standard InChI is InChI=1S/C22H40N2O4.2H2/c1-5-17(4)15-21(26)23-12-6-13-28-14-11-20(25)24-19-9-7-18(8-10-19)22(27)16(2)3;;/h16-19H,5-15H2,1-4H3,(H,23,26)(H,24,25);2*1H. The molecule has 0 aromatic carbocycles. The Morgan fingerprint density at radius 2 is 1.71 bits per heavy atom. The van der Waals surface area contributed by atoms with Crippen LogP contribution in [0.2, 0.25) is 0 Å². The molecule has 1 atom stereocenters. The lowest BCUT2D eigenvalue weighted by Gasteiger charge is -2.29. The molecule has 0 bridgehead atoms. The highest BCUT2D eigenvalue weighted by Gasteiger charge is 2.28. The minimum absolute atomic E-state index is 0. The van der Waals surface area contributed by atoms with Crippen LogP contribution >= 0.6 is 0 Å². The van der Waals surface area contributed by atoms with Gasteiger partial charge in [0.05, 0.1) is 6.61 Å². The zero-order valence-corrected chi connectivity index (χ0v) is 18.2. The summed E-state index contributed by atoms with van der Waals surface area (Å²) >= 11 is 0. The molecular formula is C22H44N2O4. The van der Waals surface area contributed by atoms with Gasteiger partial charge in [-0.2, -0.15) is 0 Å². The van der Waals surface area contributed by atoms with Crippen molar-refractivity contribution in [2.75, 3.05) is 19.8 Å². The van der Waals surface area contributed by atoms with E-state index in [2.05, 4.69) is 24.5 Å². The highest BCUT2D eigenvalue weighted by Crippen LogP contribution is 2.27. The third kappa shape index (κ3) is 10.2. The summed E-state index contributed by atoms with van der Waals surface area (Å²) in [5, 5.41) is 5.96. The number of nitrogens with one attached hydrogen (secondary N) is 2. The maximum Gasteiger partial charge on any atom is 0.222 e. The second kappa shape index (κ2) is 13.7. The van der Waals surface area contributed by atoms with Gasteiger partial charge < -0.3 is 15.4 Å². The largest absolute Gasteiger partial charge is 0.381 e. The van der Waals surface area contributed by atoms with Crippen molar-refractivity contribution in [3.63, 3.8) is 0 Å². The number of hydrogen-bond donors (Lipinski definition) is 2. The van der Waals surface area contributed by atoms with Gasteiger partial charge in [0, 0.05) is 46.7 Å². The molecular weight excluding hydrogens is 356 g/mol. The fourth-order valence-electron chi connectivity index (χ4n) is 3.50. The van der Waals surface area contributed by atoms with Crippen molar-refractivity contribution < 1.29 is 22.0 Å². The molecule has 0 saturated heterocycles. The van der Waals surface area contributed by atoms with Crippen LogP contribution in [0.1, 0.15) is 81.9 Å². The first kappa shape index (κ1) is 24.6. The van der Waals surface area contributed by atoms with E-state index in [0.717, 1.165) is 38.5 Å². The molecule has 0 spiro atoms. The third-order valence-corrected chi connectivity index (χ3v) is 5.56. The molecule has 28 heavy (non-hydrogen) atoms. The van der Waals surface area contributed by atoms with E-state index in [9.17, 15) is 14.4 Å². The normalized spacial score (nSPS) is 20.6. The average Bonchev–Trinajstić information content (AvgIpc) is 2.67. The Hall–Kier alpha value is -1.43. The first-order valence-corrected chi connectivity index (χ1v) is 11.0. The van der Waals surface area contributed by atoms with Crippen molar-refractivity contribution in [3.05, 3.63) is 0 Å². The van der Waals surface area contributed by atoms with Crippen LogP contribution in [-0.2, 0) is 19.1 Å². The molecule has 1 fully saturated rings. The summed E-state index contributed by atoms with van der Waals surface area (Å²) in [6.07, 6.45) is 6.20. The van der Waals surface area contributed by atoms with Gasteiger partial charge in [0.1, 0.15) is 5.78 Å². The summed E-state index contributed by atoms with van der Waals surface area (Å²) in [5.41, 5.74) is 0. The van der Waals surface area contributed by atoms with E-state index in [4.69, 9.17) is 4.74 Å². The van der Waals surface area contributed by atoms with Crippen LogP contribution in [0.5, 0.6) is 0 Å². The Balaban J connectivity index is 0. The van der Waals surface area contributed by atoms with Gasteiger partial charge in [0.2, 0.25) is 11.8 Å². The van der Waals surface area contributed by atoms with E-state index in [1.807, 2.05) is 13.8 Å². The lowest BCUT2D eigenvalue weighted by Crippen LogP contribution is -2.39. The van der Waals surface area contributed by atoms with Gasteiger partial charge >= 0.3 is 0 Å². The monoisotopic (exact) mass is 400 g/mol. The van der Waals surface area contributed by atoms with Gasteiger partial charge in [-0.25, -0.2) is 0 Å². The lowest BCUT2D eigenvalue weighted by molar-refractivity contribution is -0.127. The van der Waals surface area contributed by atoms with Crippen molar-refractivity contribution in [2.45, 2.75) is 85.1 Å². The van der Waals surface area contributed by atoms with Crippen molar-refractivity contribution in [1.29, 1.82) is 0 Å². The molecule has 6 heteroatoms. The Morgan fingerprint density at radius 3 is 2.32 bits per heavy atom. The SMILES string of the molecule is CCC(C)CC(=O)NCCCOCCC(=O)NC1CCC(C(=O)C(C)C)CC1.[HH].[HH]. The predicted octanol–water partition coefficient (Wildman–Crippen LogP) is 3.73. The highest BCUT2D eigenvalue weighted by molar-refractivity contribution is 5.83. The first-order chi connectivity index (χ1) is 13.3. The number of Topliss-reactive ketones (excluding diaryl/α,β-unsaturated/α-hetero) is 1. The second-order valence-corrected chi connectivity index (χ2v) is 8.46. The summed E-state index contributed by atoms with van der Waals surface area (Å²) < 4.78 is 5.50. The predicted molar refractivity (Wildman–Crippen MR) is 115 cm³/mol. The summed E-state index contributed by atoms with van der Waals surface area (Å²) in [5.74, 6) is 1.15. The minimum Gasteiger partial charge on any atom is -0.381 e. The number of rotatable bonds is 13. The Kier molecular flexibility index (Phi) is 12.0. The summed E-state index contributed by atoms with van der Waals surface area (Å²) in [6, 6.07) is 0.185. The van der Waals surface area contributed by atoms with Gasteiger partial charge in [0.25, 0.3) is 0 Å². The molecule has 0 heterocycles. The van der Waals surface area contributed by atoms with Gasteiger partial charge in [-0.3, -0.25) is 14.4 Å². The molecule has 1 unspecified atom stereocenters. The fourth-order valence-corrected chi connectivity index (χ4v) is 3.50. The zero-order valence-electron chi connectivity index (χ0n) is 18.2. The molecule has 1 saturated carbocycles. The molecule has 0 aromatic rings. The van der Waals surface area contributed by atoms with E-state index in [1.54, 1.807) is 0 Å². The molecule has 0 aromatic heterocycles. The van der Waals surface area contributed by atoms with Crippen molar-refractivity contribution in [3.8, 4) is 0 Å². The van der Waals surface area contributed by atoms with Crippen LogP contribution in [0.15, 0.2) is 0 Å². The molecule has 1 rings (SSSR count). The van der Waals surface area contributed by atoms with Gasteiger partial charge in [0.15, 0.2) is 0 Å². The van der Waals surface area contributed by atoms with Crippen molar-refractivity contribution in [2.24, 2.45) is 17.8 Å². The zero-order chi connectivity index (χ0) is 20.9. The number of amides is 2. The van der Waals surface area contributed by atoms with Crippen LogP contribution in [0.3, 0.4) is 0 Å². The number of ketones is 1. The number of carbonyl (C=O) groups excluding carboxylic acids is 3. The van der Waals surface area contributed by atoms with E-state index in [0.29, 0.717) is 44.3 Å². The highest BCUT2D eigenvalue weighted by atomic mass is 16.5. The molecule has 1 aliphatic carbocycles. The van der Waals surface area contributed by atoms with Crippen molar-refractivity contribution in [1.82, 2.24) is 10.6 Å². The summed E-state index contributed by atoms with van der Waals surface area (Å²) in [7, 11) is 0. The number of ether oxygens (including phenoxy) is 1. The maximum atomic E-state index is 12.0. The quantitative estimate of drug-likeness (QED) is 0.461. The second-order valence-electron chi connectivity index (χ2n) is 8.46. The smallest absolute Gasteiger partial charge is 0.222 e. The van der Waals surface area contributed by atoms with Gasteiger partial charge in [-0.1, -0.05) is 34.1 Å². The van der Waals surface area contributed by atoms with Crippen LogP contribution in [-0.4, -0.2) is 43.4 Å². The number of hydrogen-bond acceptors (Lipinski definition) is 4. The molecule has 2 N–H and O–H groups in total. The van der Waals surface area contributed by atoms with E-state index < -0.39 is 0 Å². The molecule has 1 aliphatic rings. The third-order valence-electron chi connectivity index (χ3n) is 5.56.